The van der Waals surface area contributed by atoms with Gasteiger partial charge in [0.25, 0.3) is 0 Å². The average molecular weight is 259 g/mol. The molecule has 0 amide bonds. The minimum atomic E-state index is 0.712. The van der Waals surface area contributed by atoms with Gasteiger partial charge >= 0.3 is 0 Å². The first kappa shape index (κ1) is 12.9. The highest BCUT2D eigenvalue weighted by atomic mass is 15.2. The van der Waals surface area contributed by atoms with Gasteiger partial charge in [0.15, 0.2) is 0 Å². The lowest BCUT2D eigenvalue weighted by atomic mass is 9.85. The van der Waals surface area contributed by atoms with Crippen LogP contribution in [0.5, 0.6) is 0 Å². The lowest BCUT2D eigenvalue weighted by Crippen LogP contribution is -2.34. The molecule has 3 nitrogen and oxygen atoms in total. The summed E-state index contributed by atoms with van der Waals surface area (Å²) in [4.78, 5) is 11.6. The van der Waals surface area contributed by atoms with Gasteiger partial charge in [0, 0.05) is 25.5 Å². The molecule has 0 bridgehead atoms. The van der Waals surface area contributed by atoms with Gasteiger partial charge in [-0.3, -0.25) is 0 Å². The summed E-state index contributed by atoms with van der Waals surface area (Å²) in [5, 5.41) is 0. The van der Waals surface area contributed by atoms with Crippen molar-refractivity contribution in [3.63, 3.8) is 0 Å². The molecule has 1 aromatic rings. The molecule has 19 heavy (non-hydrogen) atoms. The fourth-order valence-corrected chi connectivity index (χ4v) is 3.35. The lowest BCUT2D eigenvalue weighted by Gasteiger charge is -2.30. The highest BCUT2D eigenvalue weighted by Gasteiger charge is 2.19. The van der Waals surface area contributed by atoms with Crippen molar-refractivity contribution >= 4 is 5.95 Å². The largest absolute Gasteiger partial charge is 0.341 e. The van der Waals surface area contributed by atoms with Crippen LogP contribution in [-0.2, 0) is 0 Å². The van der Waals surface area contributed by atoms with Crippen LogP contribution in [0, 0.1) is 5.92 Å². The van der Waals surface area contributed by atoms with Gasteiger partial charge in [-0.05, 0) is 43.1 Å². The van der Waals surface area contributed by atoms with Gasteiger partial charge in [0.1, 0.15) is 0 Å². The molecule has 1 aromatic heterocycles. The predicted octanol–water partition coefficient (Wildman–Crippen LogP) is 3.76. The Kier molecular flexibility index (Phi) is 4.00. The van der Waals surface area contributed by atoms with Gasteiger partial charge in [-0.15, -0.1) is 0 Å². The fourth-order valence-electron chi connectivity index (χ4n) is 3.35. The zero-order valence-electron chi connectivity index (χ0n) is 12.0. The maximum atomic E-state index is 4.62. The molecule has 104 valence electrons. The van der Waals surface area contributed by atoms with E-state index in [0.717, 1.165) is 25.0 Å². The van der Waals surface area contributed by atoms with Crippen LogP contribution < -0.4 is 4.90 Å². The van der Waals surface area contributed by atoms with Crippen LogP contribution in [0.4, 0.5) is 5.95 Å². The normalized spacial score (nSPS) is 22.7. The summed E-state index contributed by atoms with van der Waals surface area (Å²) >= 11 is 0. The Bertz CT molecular complexity index is 387. The Hall–Kier alpha value is -1.12. The second-order valence-electron chi connectivity index (χ2n) is 6.32. The molecule has 0 radical (unpaired) electrons. The number of hydrogen-bond donors (Lipinski definition) is 0. The molecule has 0 aromatic carbocycles. The molecule has 1 saturated heterocycles. The summed E-state index contributed by atoms with van der Waals surface area (Å²) in [6.07, 6.45) is 13.5. The third-order valence-electron chi connectivity index (χ3n) is 4.80. The summed E-state index contributed by atoms with van der Waals surface area (Å²) in [5.74, 6) is 2.51. The van der Waals surface area contributed by atoms with E-state index < -0.39 is 0 Å². The van der Waals surface area contributed by atoms with Crippen molar-refractivity contribution in [1.82, 2.24) is 9.97 Å². The van der Waals surface area contributed by atoms with Gasteiger partial charge in [0.05, 0.1) is 0 Å². The Morgan fingerprint density at radius 2 is 1.58 bits per heavy atom. The van der Waals surface area contributed by atoms with Crippen LogP contribution in [-0.4, -0.2) is 23.1 Å². The molecule has 2 heterocycles. The summed E-state index contributed by atoms with van der Waals surface area (Å²) in [5.41, 5.74) is 1.36. The number of nitrogens with zero attached hydrogens (tertiary/aromatic N) is 3. The van der Waals surface area contributed by atoms with Gasteiger partial charge in [-0.25, -0.2) is 9.97 Å². The Morgan fingerprint density at radius 1 is 0.947 bits per heavy atom. The van der Waals surface area contributed by atoms with Crippen molar-refractivity contribution in [1.29, 1.82) is 0 Å². The maximum absolute atomic E-state index is 4.62. The third kappa shape index (κ3) is 3.07. The molecule has 2 aliphatic rings. The van der Waals surface area contributed by atoms with Crippen LogP contribution in [0.2, 0.25) is 0 Å². The van der Waals surface area contributed by atoms with Crippen molar-refractivity contribution in [3.8, 4) is 0 Å². The molecule has 0 unspecified atom stereocenters. The SMILES string of the molecule is CC1CCN(c2ncc(C3CCCCC3)cn2)CC1. The van der Waals surface area contributed by atoms with Crippen molar-refractivity contribution < 1.29 is 0 Å². The molecular formula is C16H25N3. The van der Waals surface area contributed by atoms with Crippen LogP contribution in [0.3, 0.4) is 0 Å². The molecule has 2 fully saturated rings. The van der Waals surface area contributed by atoms with E-state index in [4.69, 9.17) is 0 Å². The first-order chi connectivity index (χ1) is 9.33. The van der Waals surface area contributed by atoms with E-state index in [1.807, 2.05) is 0 Å². The van der Waals surface area contributed by atoms with Gasteiger partial charge in [0.2, 0.25) is 5.95 Å². The van der Waals surface area contributed by atoms with Crippen LogP contribution in [0.1, 0.15) is 63.4 Å². The number of rotatable bonds is 2. The highest BCUT2D eigenvalue weighted by Crippen LogP contribution is 2.32. The molecule has 1 aliphatic carbocycles. The maximum Gasteiger partial charge on any atom is 0.225 e. The lowest BCUT2D eigenvalue weighted by molar-refractivity contribution is 0.432. The number of anilines is 1. The summed E-state index contributed by atoms with van der Waals surface area (Å²) < 4.78 is 0. The number of piperidine rings is 1. The highest BCUT2D eigenvalue weighted by molar-refractivity contribution is 5.31. The van der Waals surface area contributed by atoms with Crippen LogP contribution >= 0.6 is 0 Å². The predicted molar refractivity (Wildman–Crippen MR) is 78.5 cm³/mol. The molecule has 1 aliphatic heterocycles. The second-order valence-corrected chi connectivity index (χ2v) is 6.32. The number of hydrogen-bond acceptors (Lipinski definition) is 3. The topological polar surface area (TPSA) is 29.0 Å². The Morgan fingerprint density at radius 3 is 2.21 bits per heavy atom. The number of aromatic nitrogens is 2. The average Bonchev–Trinajstić information content (AvgIpc) is 2.49. The molecule has 0 atom stereocenters. The molecule has 3 heteroatoms. The molecule has 1 saturated carbocycles. The van der Waals surface area contributed by atoms with E-state index in [0.29, 0.717) is 5.92 Å². The van der Waals surface area contributed by atoms with Gasteiger partial charge in [-0.1, -0.05) is 26.2 Å². The van der Waals surface area contributed by atoms with Crippen molar-refractivity contribution in [3.05, 3.63) is 18.0 Å². The minimum Gasteiger partial charge on any atom is -0.341 e. The van der Waals surface area contributed by atoms with E-state index >= 15 is 0 Å². The zero-order valence-corrected chi connectivity index (χ0v) is 12.0. The minimum absolute atomic E-state index is 0.712. The standard InChI is InChI=1S/C16H25N3/c1-13-7-9-19(10-8-13)16-17-11-15(12-18-16)14-5-3-2-4-6-14/h11-14H,2-10H2,1H3. The summed E-state index contributed by atoms with van der Waals surface area (Å²) in [6, 6.07) is 0. The fraction of sp³-hybridized carbons (Fsp3) is 0.750. The van der Waals surface area contributed by atoms with E-state index in [-0.39, 0.29) is 0 Å². The second kappa shape index (κ2) is 5.89. The van der Waals surface area contributed by atoms with E-state index in [1.54, 1.807) is 0 Å². The zero-order chi connectivity index (χ0) is 13.1. The van der Waals surface area contributed by atoms with E-state index in [2.05, 4.69) is 34.2 Å². The van der Waals surface area contributed by atoms with Crippen LogP contribution in [0.15, 0.2) is 12.4 Å². The van der Waals surface area contributed by atoms with Crippen molar-refractivity contribution in [2.24, 2.45) is 5.92 Å². The molecule has 0 N–H and O–H groups in total. The van der Waals surface area contributed by atoms with Crippen LogP contribution in [0.25, 0.3) is 0 Å². The van der Waals surface area contributed by atoms with Crippen molar-refractivity contribution in [2.45, 2.75) is 57.8 Å². The first-order valence-corrected chi connectivity index (χ1v) is 7.90. The van der Waals surface area contributed by atoms with Gasteiger partial charge < -0.3 is 4.90 Å². The molecular weight excluding hydrogens is 234 g/mol. The monoisotopic (exact) mass is 259 g/mol. The molecule has 0 spiro atoms. The summed E-state index contributed by atoms with van der Waals surface area (Å²) in [6.45, 7) is 4.57. The van der Waals surface area contributed by atoms with Crippen molar-refractivity contribution in [2.75, 3.05) is 18.0 Å². The van der Waals surface area contributed by atoms with E-state index in [1.165, 1.54) is 50.5 Å². The smallest absolute Gasteiger partial charge is 0.225 e. The quantitative estimate of drug-likeness (QED) is 0.809. The third-order valence-corrected chi connectivity index (χ3v) is 4.80. The Balaban J connectivity index is 1.65. The first-order valence-electron chi connectivity index (χ1n) is 7.90. The molecule has 3 rings (SSSR count). The summed E-state index contributed by atoms with van der Waals surface area (Å²) in [7, 11) is 0. The van der Waals surface area contributed by atoms with Gasteiger partial charge in [-0.2, -0.15) is 0 Å². The van der Waals surface area contributed by atoms with E-state index in [9.17, 15) is 0 Å². The Labute approximate surface area is 116 Å².